The van der Waals surface area contributed by atoms with E-state index < -0.39 is 5.54 Å². The van der Waals surface area contributed by atoms with Gasteiger partial charge in [-0.25, -0.2) is 0 Å². The number of benzene rings is 1. The zero-order chi connectivity index (χ0) is 17.0. The summed E-state index contributed by atoms with van der Waals surface area (Å²) in [7, 11) is 0. The number of amides is 2. The molecule has 3 rings (SSSR count). The van der Waals surface area contributed by atoms with Crippen molar-refractivity contribution in [1.82, 2.24) is 4.90 Å². The molecule has 0 unspecified atom stereocenters. The summed E-state index contributed by atoms with van der Waals surface area (Å²) in [4.78, 5) is 26.8. The minimum Gasteiger partial charge on any atom is -0.339 e. The van der Waals surface area contributed by atoms with Crippen LogP contribution in [0.4, 0.5) is 5.69 Å². The number of carbonyl (C=O) groups is 2. The molecule has 0 radical (unpaired) electrons. The maximum Gasteiger partial charge on any atom is 0.253 e. The molecule has 2 amide bonds. The topological polar surface area (TPSA) is 75.4 Å². The van der Waals surface area contributed by atoms with Gasteiger partial charge in [0, 0.05) is 24.3 Å². The third-order valence-corrected chi connectivity index (χ3v) is 5.23. The highest BCUT2D eigenvalue weighted by atomic mass is 16.2. The highest BCUT2D eigenvalue weighted by Gasteiger charge is 2.36. The summed E-state index contributed by atoms with van der Waals surface area (Å²) >= 11 is 0. The molecule has 2 aliphatic rings. The van der Waals surface area contributed by atoms with E-state index in [0.29, 0.717) is 11.3 Å². The molecule has 1 aliphatic carbocycles. The smallest absolute Gasteiger partial charge is 0.253 e. The molecule has 0 bridgehead atoms. The van der Waals surface area contributed by atoms with Crippen LogP contribution in [-0.4, -0.2) is 35.3 Å². The highest BCUT2D eigenvalue weighted by Crippen LogP contribution is 2.28. The third-order valence-electron chi connectivity index (χ3n) is 5.23. The van der Waals surface area contributed by atoms with Gasteiger partial charge in [-0.15, -0.1) is 0 Å². The quantitative estimate of drug-likeness (QED) is 0.895. The molecule has 5 heteroatoms. The number of nitrogens with zero attached hydrogens (tertiary/aromatic N) is 1. The number of nitrogens with two attached hydrogens (primary N) is 1. The van der Waals surface area contributed by atoms with E-state index in [1.165, 1.54) is 12.8 Å². The van der Waals surface area contributed by atoms with E-state index in [0.717, 1.165) is 51.6 Å². The number of hydrogen-bond donors (Lipinski definition) is 2. The summed E-state index contributed by atoms with van der Waals surface area (Å²) in [5.74, 6) is -0.0348. The van der Waals surface area contributed by atoms with Crippen LogP contribution in [0.1, 0.15) is 61.7 Å². The number of rotatable bonds is 3. The highest BCUT2D eigenvalue weighted by molar-refractivity contribution is 5.99. The van der Waals surface area contributed by atoms with Crippen LogP contribution >= 0.6 is 0 Å². The Morgan fingerprint density at radius 2 is 1.50 bits per heavy atom. The van der Waals surface area contributed by atoms with Crippen molar-refractivity contribution in [3.05, 3.63) is 29.8 Å². The van der Waals surface area contributed by atoms with E-state index in [1.807, 2.05) is 4.90 Å². The molecule has 1 aliphatic heterocycles. The Morgan fingerprint density at radius 3 is 2.08 bits per heavy atom. The van der Waals surface area contributed by atoms with Gasteiger partial charge in [-0.05, 0) is 49.9 Å². The lowest BCUT2D eigenvalue weighted by Gasteiger charge is -2.22. The van der Waals surface area contributed by atoms with Crippen molar-refractivity contribution in [2.24, 2.45) is 5.73 Å². The van der Waals surface area contributed by atoms with E-state index in [4.69, 9.17) is 5.73 Å². The van der Waals surface area contributed by atoms with Gasteiger partial charge >= 0.3 is 0 Å². The van der Waals surface area contributed by atoms with Gasteiger partial charge in [-0.1, -0.05) is 25.7 Å². The maximum atomic E-state index is 12.6. The molecule has 3 N–H and O–H groups in total. The monoisotopic (exact) mass is 329 g/mol. The second-order valence-corrected chi connectivity index (χ2v) is 7.10. The lowest BCUT2D eigenvalue weighted by atomic mass is 9.98. The summed E-state index contributed by atoms with van der Waals surface area (Å²) in [6.07, 6.45) is 8.07. The molecule has 0 atom stereocenters. The minimum absolute atomic E-state index is 0.0841. The number of likely N-dealkylation sites (tertiary alicyclic amines) is 1. The fourth-order valence-corrected chi connectivity index (χ4v) is 3.64. The Labute approximate surface area is 143 Å². The van der Waals surface area contributed by atoms with Crippen molar-refractivity contribution in [2.75, 3.05) is 18.4 Å². The third kappa shape index (κ3) is 3.78. The van der Waals surface area contributed by atoms with Crippen LogP contribution in [-0.2, 0) is 4.79 Å². The average Bonchev–Trinajstić information content (AvgIpc) is 2.87. The molecule has 24 heavy (non-hydrogen) atoms. The predicted octanol–water partition coefficient (Wildman–Crippen LogP) is 2.91. The first-order chi connectivity index (χ1) is 11.6. The zero-order valence-corrected chi connectivity index (χ0v) is 14.2. The van der Waals surface area contributed by atoms with Crippen LogP contribution in [0, 0.1) is 0 Å². The van der Waals surface area contributed by atoms with Gasteiger partial charge in [0.2, 0.25) is 5.91 Å². The van der Waals surface area contributed by atoms with Crippen molar-refractivity contribution in [2.45, 2.75) is 56.9 Å². The predicted molar refractivity (Wildman–Crippen MR) is 94.8 cm³/mol. The Morgan fingerprint density at radius 1 is 0.917 bits per heavy atom. The van der Waals surface area contributed by atoms with Crippen LogP contribution in [0.15, 0.2) is 24.3 Å². The van der Waals surface area contributed by atoms with Crippen LogP contribution in [0.5, 0.6) is 0 Å². The first kappa shape index (κ1) is 17.0. The maximum absolute atomic E-state index is 12.6. The molecule has 0 aromatic heterocycles. The van der Waals surface area contributed by atoms with Gasteiger partial charge in [-0.2, -0.15) is 0 Å². The first-order valence-corrected chi connectivity index (χ1v) is 9.08. The van der Waals surface area contributed by atoms with Gasteiger partial charge in [0.25, 0.3) is 5.91 Å². The first-order valence-electron chi connectivity index (χ1n) is 9.08. The van der Waals surface area contributed by atoms with Crippen LogP contribution < -0.4 is 11.1 Å². The molecule has 1 heterocycles. The van der Waals surface area contributed by atoms with Gasteiger partial charge < -0.3 is 16.0 Å². The van der Waals surface area contributed by atoms with E-state index in [9.17, 15) is 9.59 Å². The zero-order valence-electron chi connectivity index (χ0n) is 14.2. The largest absolute Gasteiger partial charge is 0.339 e. The van der Waals surface area contributed by atoms with Crippen LogP contribution in [0.2, 0.25) is 0 Å². The molecule has 0 spiro atoms. The van der Waals surface area contributed by atoms with Crippen LogP contribution in [0.3, 0.4) is 0 Å². The van der Waals surface area contributed by atoms with Crippen molar-refractivity contribution < 1.29 is 9.59 Å². The normalized spacial score (nSPS) is 20.5. The van der Waals surface area contributed by atoms with Gasteiger partial charge in [0.1, 0.15) is 0 Å². The fraction of sp³-hybridized carbons (Fsp3) is 0.579. The summed E-state index contributed by atoms with van der Waals surface area (Å²) in [6.45, 7) is 1.68. The van der Waals surface area contributed by atoms with E-state index in [1.54, 1.807) is 24.3 Å². The number of nitrogens with one attached hydrogen (secondary N) is 1. The fourth-order valence-electron chi connectivity index (χ4n) is 3.64. The second kappa shape index (κ2) is 7.34. The van der Waals surface area contributed by atoms with Gasteiger partial charge in [0.15, 0.2) is 0 Å². The molecule has 1 saturated heterocycles. The average molecular weight is 329 g/mol. The Kier molecular flexibility index (Phi) is 5.19. The van der Waals surface area contributed by atoms with Crippen molar-refractivity contribution >= 4 is 17.5 Å². The number of carbonyl (C=O) groups excluding carboxylic acids is 2. The van der Waals surface area contributed by atoms with Crippen molar-refractivity contribution in [3.63, 3.8) is 0 Å². The Balaban J connectivity index is 1.62. The minimum atomic E-state index is -0.736. The molecule has 5 nitrogen and oxygen atoms in total. The van der Waals surface area contributed by atoms with Crippen molar-refractivity contribution in [1.29, 1.82) is 0 Å². The SMILES string of the molecule is NC1(C(=O)Nc2ccc(C(=O)N3CCCCCC3)cc2)CCCC1. The number of anilines is 1. The summed E-state index contributed by atoms with van der Waals surface area (Å²) in [5, 5.41) is 2.89. The van der Waals surface area contributed by atoms with E-state index in [2.05, 4.69) is 5.32 Å². The molecule has 2 fully saturated rings. The lowest BCUT2D eigenvalue weighted by Crippen LogP contribution is -2.48. The molecule has 1 aromatic carbocycles. The summed E-state index contributed by atoms with van der Waals surface area (Å²) in [5.41, 5.74) is 6.81. The lowest BCUT2D eigenvalue weighted by molar-refractivity contribution is -0.121. The number of hydrogen-bond acceptors (Lipinski definition) is 3. The molecule has 1 saturated carbocycles. The standard InChI is InChI=1S/C19H27N3O2/c20-19(11-3-4-12-19)18(24)21-16-9-7-15(8-10-16)17(23)22-13-5-1-2-6-14-22/h7-10H,1-6,11-14,20H2,(H,21,24). The Bertz CT molecular complexity index is 583. The van der Waals surface area contributed by atoms with Gasteiger partial charge in [0.05, 0.1) is 5.54 Å². The van der Waals surface area contributed by atoms with Crippen LogP contribution in [0.25, 0.3) is 0 Å². The van der Waals surface area contributed by atoms with E-state index >= 15 is 0 Å². The van der Waals surface area contributed by atoms with Gasteiger partial charge in [-0.3, -0.25) is 9.59 Å². The molecular formula is C19H27N3O2. The molecular weight excluding hydrogens is 302 g/mol. The Hall–Kier alpha value is -1.88. The summed E-state index contributed by atoms with van der Waals surface area (Å²) in [6, 6.07) is 7.17. The molecule has 130 valence electrons. The molecule has 1 aromatic rings. The second-order valence-electron chi connectivity index (χ2n) is 7.10. The van der Waals surface area contributed by atoms with E-state index in [-0.39, 0.29) is 11.8 Å². The summed E-state index contributed by atoms with van der Waals surface area (Å²) < 4.78 is 0. The van der Waals surface area contributed by atoms with Crippen molar-refractivity contribution in [3.8, 4) is 0 Å².